The van der Waals surface area contributed by atoms with Crippen LogP contribution in [0.1, 0.15) is 15.9 Å². The van der Waals surface area contributed by atoms with E-state index >= 15 is 0 Å². The second-order valence-corrected chi connectivity index (χ2v) is 3.71. The number of nitrogens with zero attached hydrogens (tertiary/aromatic N) is 1. The van der Waals surface area contributed by atoms with Crippen LogP contribution in [-0.4, -0.2) is 17.4 Å². The fourth-order valence-corrected chi connectivity index (χ4v) is 1.44. The Bertz CT molecular complexity index is 591. The average Bonchev–Trinajstić information content (AvgIpc) is 2.42. The number of hydrogen-bond acceptors (Lipinski definition) is 4. The molecule has 2 rings (SSSR count). The fourth-order valence-electron chi connectivity index (χ4n) is 1.44. The second-order valence-electron chi connectivity index (χ2n) is 3.71. The van der Waals surface area contributed by atoms with Crippen molar-refractivity contribution in [3.63, 3.8) is 0 Å². The van der Waals surface area contributed by atoms with Gasteiger partial charge in [-0.1, -0.05) is 5.16 Å². The first-order valence-corrected chi connectivity index (χ1v) is 5.44. The molecule has 2 aromatic carbocycles. The van der Waals surface area contributed by atoms with E-state index in [1.54, 1.807) is 24.3 Å². The molecule has 0 aliphatic rings. The Kier molecular flexibility index (Phi) is 3.87. The Hall–Kier alpha value is -2.69. The highest BCUT2D eigenvalue weighted by molar-refractivity contribution is 5.91. The van der Waals surface area contributed by atoms with Gasteiger partial charge in [-0.3, -0.25) is 0 Å². The molecule has 19 heavy (non-hydrogen) atoms. The summed E-state index contributed by atoms with van der Waals surface area (Å²) in [5.74, 6) is -0.628. The van der Waals surface area contributed by atoms with Gasteiger partial charge < -0.3 is 9.94 Å². The van der Waals surface area contributed by atoms with Gasteiger partial charge in [0.2, 0.25) is 0 Å². The molecular weight excluding hydrogens is 249 g/mol. The van der Waals surface area contributed by atoms with Crippen molar-refractivity contribution < 1.29 is 19.1 Å². The van der Waals surface area contributed by atoms with Crippen LogP contribution >= 0.6 is 0 Å². The monoisotopic (exact) mass is 259 g/mol. The number of carbonyl (C=O) groups is 1. The second kappa shape index (κ2) is 5.77. The third-order valence-corrected chi connectivity index (χ3v) is 2.38. The van der Waals surface area contributed by atoms with Crippen molar-refractivity contribution in [1.82, 2.24) is 0 Å². The molecule has 0 aromatic heterocycles. The number of hydrogen-bond donors (Lipinski definition) is 1. The van der Waals surface area contributed by atoms with Crippen LogP contribution < -0.4 is 4.74 Å². The normalized spacial score (nSPS) is 10.6. The quantitative estimate of drug-likeness (QED) is 0.303. The summed E-state index contributed by atoms with van der Waals surface area (Å²) < 4.78 is 17.8. The van der Waals surface area contributed by atoms with Gasteiger partial charge in [-0.05, 0) is 54.1 Å². The summed E-state index contributed by atoms with van der Waals surface area (Å²) in [6.45, 7) is 0. The fraction of sp³-hybridized carbons (Fsp3) is 0. The topological polar surface area (TPSA) is 58.9 Å². The zero-order valence-corrected chi connectivity index (χ0v) is 9.79. The molecule has 0 saturated carbocycles. The van der Waals surface area contributed by atoms with E-state index in [-0.39, 0.29) is 5.56 Å². The van der Waals surface area contributed by atoms with Crippen LogP contribution in [0.2, 0.25) is 0 Å². The number of benzene rings is 2. The van der Waals surface area contributed by atoms with Gasteiger partial charge in [0, 0.05) is 0 Å². The van der Waals surface area contributed by atoms with Crippen LogP contribution in [0.15, 0.2) is 53.7 Å². The van der Waals surface area contributed by atoms with E-state index < -0.39 is 11.8 Å². The van der Waals surface area contributed by atoms with E-state index in [0.717, 1.165) is 0 Å². The maximum atomic E-state index is 12.7. The van der Waals surface area contributed by atoms with Gasteiger partial charge in [0.05, 0.1) is 11.8 Å². The third-order valence-electron chi connectivity index (χ3n) is 2.38. The molecule has 0 saturated heterocycles. The van der Waals surface area contributed by atoms with Gasteiger partial charge in [-0.2, -0.15) is 0 Å². The van der Waals surface area contributed by atoms with Crippen molar-refractivity contribution in [2.75, 3.05) is 0 Å². The summed E-state index contributed by atoms with van der Waals surface area (Å²) in [7, 11) is 0. The molecule has 0 spiro atoms. The van der Waals surface area contributed by atoms with Crippen molar-refractivity contribution >= 4 is 12.2 Å². The lowest BCUT2D eigenvalue weighted by atomic mass is 10.2. The molecule has 0 heterocycles. The first kappa shape index (κ1) is 12.8. The summed E-state index contributed by atoms with van der Waals surface area (Å²) in [6.07, 6.45) is 1.26. The van der Waals surface area contributed by atoms with Crippen LogP contribution in [0, 0.1) is 5.82 Å². The van der Waals surface area contributed by atoms with Gasteiger partial charge in [0.25, 0.3) is 0 Å². The predicted molar refractivity (Wildman–Crippen MR) is 67.2 cm³/mol. The molecule has 0 radical (unpaired) electrons. The van der Waals surface area contributed by atoms with E-state index in [4.69, 9.17) is 9.94 Å². The lowest BCUT2D eigenvalue weighted by molar-refractivity contribution is 0.0734. The molecule has 0 bridgehead atoms. The molecule has 0 atom stereocenters. The number of halogens is 1. The Balaban J connectivity index is 2.08. The first-order chi connectivity index (χ1) is 9.19. The van der Waals surface area contributed by atoms with Crippen LogP contribution in [0.25, 0.3) is 0 Å². The smallest absolute Gasteiger partial charge is 0.343 e. The SMILES string of the molecule is O=C(Oc1ccc(/C=N\O)cc1)c1ccc(F)cc1. The molecule has 5 heteroatoms. The van der Waals surface area contributed by atoms with E-state index in [2.05, 4.69) is 5.16 Å². The van der Waals surface area contributed by atoms with Crippen molar-refractivity contribution in [1.29, 1.82) is 0 Å². The zero-order chi connectivity index (χ0) is 13.7. The third kappa shape index (κ3) is 3.38. The van der Waals surface area contributed by atoms with Crippen molar-refractivity contribution in [2.45, 2.75) is 0 Å². The molecule has 4 nitrogen and oxygen atoms in total. The van der Waals surface area contributed by atoms with Crippen molar-refractivity contribution in [3.8, 4) is 5.75 Å². The molecule has 0 aliphatic carbocycles. The van der Waals surface area contributed by atoms with E-state index in [0.29, 0.717) is 11.3 Å². The molecule has 0 fully saturated rings. The van der Waals surface area contributed by atoms with E-state index in [1.807, 2.05) is 0 Å². The molecular formula is C14H10FNO3. The maximum absolute atomic E-state index is 12.7. The van der Waals surface area contributed by atoms with Gasteiger partial charge in [0.1, 0.15) is 11.6 Å². The summed E-state index contributed by atoms with van der Waals surface area (Å²) >= 11 is 0. The van der Waals surface area contributed by atoms with Crippen LogP contribution in [0.5, 0.6) is 5.75 Å². The summed E-state index contributed by atoms with van der Waals surface area (Å²) in [5, 5.41) is 11.2. The van der Waals surface area contributed by atoms with Crippen molar-refractivity contribution in [2.24, 2.45) is 5.16 Å². The van der Waals surface area contributed by atoms with Crippen LogP contribution in [-0.2, 0) is 0 Å². The van der Waals surface area contributed by atoms with Gasteiger partial charge >= 0.3 is 5.97 Å². The Morgan fingerprint density at radius 2 is 1.74 bits per heavy atom. The molecule has 0 aliphatic heterocycles. The highest BCUT2D eigenvalue weighted by Gasteiger charge is 2.08. The molecule has 96 valence electrons. The number of carbonyl (C=O) groups excluding carboxylic acids is 1. The summed E-state index contributed by atoms with van der Waals surface area (Å²) in [5.41, 5.74) is 0.937. The lowest BCUT2D eigenvalue weighted by Crippen LogP contribution is -2.08. The zero-order valence-electron chi connectivity index (χ0n) is 9.79. The highest BCUT2D eigenvalue weighted by atomic mass is 19.1. The summed E-state index contributed by atoms with van der Waals surface area (Å²) in [4.78, 5) is 11.7. The number of oxime groups is 1. The molecule has 1 N–H and O–H groups in total. The predicted octanol–water partition coefficient (Wildman–Crippen LogP) is 2.85. The average molecular weight is 259 g/mol. The van der Waals surface area contributed by atoms with Crippen molar-refractivity contribution in [3.05, 3.63) is 65.5 Å². The van der Waals surface area contributed by atoms with Gasteiger partial charge in [-0.15, -0.1) is 0 Å². The van der Waals surface area contributed by atoms with E-state index in [9.17, 15) is 9.18 Å². The molecule has 0 unspecified atom stereocenters. The number of rotatable bonds is 3. The largest absolute Gasteiger partial charge is 0.423 e. The Labute approximate surface area is 108 Å². The molecule has 2 aromatic rings. The Morgan fingerprint density at radius 1 is 1.11 bits per heavy atom. The van der Waals surface area contributed by atoms with Gasteiger partial charge in [-0.25, -0.2) is 9.18 Å². The van der Waals surface area contributed by atoms with E-state index in [1.165, 1.54) is 30.5 Å². The number of ether oxygens (including phenoxy) is 1. The minimum atomic E-state index is -0.566. The lowest BCUT2D eigenvalue weighted by Gasteiger charge is -2.04. The minimum absolute atomic E-state index is 0.266. The van der Waals surface area contributed by atoms with Gasteiger partial charge in [0.15, 0.2) is 0 Å². The summed E-state index contributed by atoms with van der Waals surface area (Å²) in [6, 6.07) is 11.5. The maximum Gasteiger partial charge on any atom is 0.343 e. The highest BCUT2D eigenvalue weighted by Crippen LogP contribution is 2.14. The first-order valence-electron chi connectivity index (χ1n) is 5.44. The minimum Gasteiger partial charge on any atom is -0.423 e. The Morgan fingerprint density at radius 3 is 2.32 bits per heavy atom. The van der Waals surface area contributed by atoms with Crippen LogP contribution in [0.3, 0.4) is 0 Å². The molecule has 0 amide bonds. The van der Waals surface area contributed by atoms with Crippen LogP contribution in [0.4, 0.5) is 4.39 Å². The number of esters is 1. The standard InChI is InChI=1S/C14H10FNO3/c15-12-5-3-11(4-6-12)14(17)19-13-7-1-10(2-8-13)9-16-18/h1-9,18H/b16-9-.